The Morgan fingerprint density at radius 2 is 2.00 bits per heavy atom. The lowest BCUT2D eigenvalue weighted by Crippen LogP contribution is -2.09. The number of carbonyl (C=O) groups is 1. The number of carbonyl (C=O) groups excluding carboxylic acids is 1. The fourth-order valence-corrected chi connectivity index (χ4v) is 2.38. The SMILES string of the molecule is CCOC(=O)CC[C@H](c1ccc(Cl)cc1)c1ccccn1. The van der Waals surface area contributed by atoms with Gasteiger partial charge in [0.05, 0.1) is 6.61 Å². The van der Waals surface area contributed by atoms with Crippen molar-refractivity contribution >= 4 is 17.6 Å². The van der Waals surface area contributed by atoms with E-state index in [1.54, 1.807) is 6.20 Å². The molecular weight excluding hydrogens is 286 g/mol. The summed E-state index contributed by atoms with van der Waals surface area (Å²) >= 11 is 5.94. The lowest BCUT2D eigenvalue weighted by molar-refractivity contribution is -0.143. The van der Waals surface area contributed by atoms with Gasteiger partial charge in [0, 0.05) is 29.3 Å². The van der Waals surface area contributed by atoms with Crippen molar-refractivity contribution in [2.75, 3.05) is 6.61 Å². The fraction of sp³-hybridized carbons (Fsp3) is 0.294. The second-order valence-corrected chi connectivity index (χ2v) is 5.14. The molecule has 0 radical (unpaired) electrons. The first-order valence-corrected chi connectivity index (χ1v) is 7.40. The largest absolute Gasteiger partial charge is 0.466 e. The average molecular weight is 304 g/mol. The molecule has 2 aromatic rings. The summed E-state index contributed by atoms with van der Waals surface area (Å²) in [5.74, 6) is -0.111. The van der Waals surface area contributed by atoms with Crippen LogP contribution >= 0.6 is 11.6 Å². The minimum absolute atomic E-state index is 0.0628. The van der Waals surface area contributed by atoms with Crippen LogP contribution in [0.25, 0.3) is 0 Å². The highest BCUT2D eigenvalue weighted by Gasteiger charge is 2.17. The summed E-state index contributed by atoms with van der Waals surface area (Å²) in [6, 6.07) is 13.5. The summed E-state index contributed by atoms with van der Waals surface area (Å²) in [4.78, 5) is 16.0. The van der Waals surface area contributed by atoms with Crippen LogP contribution in [0, 0.1) is 0 Å². The summed E-state index contributed by atoms with van der Waals surface area (Å²) < 4.78 is 5.00. The van der Waals surface area contributed by atoms with Gasteiger partial charge in [-0.3, -0.25) is 9.78 Å². The predicted molar refractivity (Wildman–Crippen MR) is 83.4 cm³/mol. The molecule has 4 heteroatoms. The number of hydrogen-bond donors (Lipinski definition) is 0. The summed E-state index contributed by atoms with van der Waals surface area (Å²) in [7, 11) is 0. The highest BCUT2D eigenvalue weighted by Crippen LogP contribution is 2.28. The Bertz CT molecular complexity index is 569. The molecule has 0 spiro atoms. The first-order valence-electron chi connectivity index (χ1n) is 7.02. The zero-order valence-electron chi connectivity index (χ0n) is 12.0. The number of ether oxygens (including phenoxy) is 1. The van der Waals surface area contributed by atoms with E-state index in [2.05, 4.69) is 4.98 Å². The maximum absolute atomic E-state index is 11.6. The van der Waals surface area contributed by atoms with Crippen LogP contribution in [-0.4, -0.2) is 17.6 Å². The predicted octanol–water partition coefficient (Wildman–Crippen LogP) is 4.21. The van der Waals surface area contributed by atoms with E-state index < -0.39 is 0 Å². The van der Waals surface area contributed by atoms with Gasteiger partial charge in [0.2, 0.25) is 0 Å². The Morgan fingerprint density at radius 1 is 1.24 bits per heavy atom. The summed E-state index contributed by atoms with van der Waals surface area (Å²) in [5, 5.41) is 0.698. The van der Waals surface area contributed by atoms with Crippen LogP contribution in [0.2, 0.25) is 5.02 Å². The molecule has 0 aliphatic rings. The molecule has 0 aliphatic heterocycles. The number of nitrogens with zero attached hydrogens (tertiary/aromatic N) is 1. The second kappa shape index (κ2) is 7.79. The van der Waals surface area contributed by atoms with E-state index in [0.29, 0.717) is 24.5 Å². The zero-order valence-corrected chi connectivity index (χ0v) is 12.7. The van der Waals surface area contributed by atoms with Crippen molar-refractivity contribution in [3.63, 3.8) is 0 Å². The average Bonchev–Trinajstić information content (AvgIpc) is 2.50. The number of rotatable bonds is 6. The molecule has 0 fully saturated rings. The third kappa shape index (κ3) is 4.57. The molecule has 21 heavy (non-hydrogen) atoms. The van der Waals surface area contributed by atoms with Crippen LogP contribution in [0.1, 0.15) is 36.9 Å². The van der Waals surface area contributed by atoms with E-state index in [4.69, 9.17) is 16.3 Å². The van der Waals surface area contributed by atoms with E-state index in [-0.39, 0.29) is 11.9 Å². The lowest BCUT2D eigenvalue weighted by Gasteiger charge is -2.16. The Morgan fingerprint density at radius 3 is 2.62 bits per heavy atom. The summed E-state index contributed by atoms with van der Waals surface area (Å²) in [5.41, 5.74) is 2.05. The van der Waals surface area contributed by atoms with E-state index in [0.717, 1.165) is 11.3 Å². The molecule has 0 saturated carbocycles. The number of pyridine rings is 1. The maximum Gasteiger partial charge on any atom is 0.305 e. The highest BCUT2D eigenvalue weighted by atomic mass is 35.5. The molecule has 0 aliphatic carbocycles. The topological polar surface area (TPSA) is 39.2 Å². The van der Waals surface area contributed by atoms with E-state index in [1.807, 2.05) is 49.4 Å². The van der Waals surface area contributed by atoms with Gasteiger partial charge in [0.25, 0.3) is 0 Å². The van der Waals surface area contributed by atoms with Crippen molar-refractivity contribution in [2.45, 2.75) is 25.7 Å². The number of benzene rings is 1. The van der Waals surface area contributed by atoms with Gasteiger partial charge in [-0.05, 0) is 43.2 Å². The molecule has 1 aromatic carbocycles. The minimum Gasteiger partial charge on any atom is -0.466 e. The van der Waals surface area contributed by atoms with E-state index >= 15 is 0 Å². The van der Waals surface area contributed by atoms with Crippen molar-refractivity contribution in [2.24, 2.45) is 0 Å². The fourth-order valence-electron chi connectivity index (χ4n) is 2.26. The van der Waals surface area contributed by atoms with Crippen molar-refractivity contribution in [3.05, 3.63) is 64.9 Å². The van der Waals surface area contributed by atoms with Crippen molar-refractivity contribution < 1.29 is 9.53 Å². The van der Waals surface area contributed by atoms with Crippen LogP contribution in [0.3, 0.4) is 0 Å². The van der Waals surface area contributed by atoms with Crippen LogP contribution in [-0.2, 0) is 9.53 Å². The van der Waals surface area contributed by atoms with Crippen molar-refractivity contribution in [1.82, 2.24) is 4.98 Å². The molecule has 1 atom stereocenters. The first kappa shape index (κ1) is 15.5. The van der Waals surface area contributed by atoms with Gasteiger partial charge in [0.15, 0.2) is 0 Å². The molecule has 0 saturated heterocycles. The molecule has 0 bridgehead atoms. The van der Waals surface area contributed by atoms with Crippen LogP contribution in [0.5, 0.6) is 0 Å². The number of esters is 1. The van der Waals surface area contributed by atoms with Gasteiger partial charge in [0.1, 0.15) is 0 Å². The highest BCUT2D eigenvalue weighted by molar-refractivity contribution is 6.30. The Balaban J connectivity index is 2.18. The van der Waals surface area contributed by atoms with E-state index in [1.165, 1.54) is 0 Å². The molecule has 3 nitrogen and oxygen atoms in total. The van der Waals surface area contributed by atoms with Crippen LogP contribution in [0.15, 0.2) is 48.7 Å². The molecule has 110 valence electrons. The number of halogens is 1. The second-order valence-electron chi connectivity index (χ2n) is 4.70. The van der Waals surface area contributed by atoms with Crippen molar-refractivity contribution in [1.29, 1.82) is 0 Å². The Labute approximate surface area is 129 Å². The third-order valence-electron chi connectivity index (χ3n) is 3.26. The number of aromatic nitrogens is 1. The Kier molecular flexibility index (Phi) is 5.76. The summed E-state index contributed by atoms with van der Waals surface area (Å²) in [6.45, 7) is 2.22. The zero-order chi connectivity index (χ0) is 15.1. The van der Waals surface area contributed by atoms with Gasteiger partial charge in [-0.25, -0.2) is 0 Å². The molecule has 1 heterocycles. The van der Waals surface area contributed by atoms with Crippen LogP contribution in [0.4, 0.5) is 0 Å². The molecule has 0 N–H and O–H groups in total. The normalized spacial score (nSPS) is 11.9. The molecular formula is C17H18ClNO2. The van der Waals surface area contributed by atoms with E-state index in [9.17, 15) is 4.79 Å². The monoisotopic (exact) mass is 303 g/mol. The van der Waals surface area contributed by atoms with Gasteiger partial charge < -0.3 is 4.74 Å². The van der Waals surface area contributed by atoms with Gasteiger partial charge in [-0.1, -0.05) is 29.8 Å². The number of hydrogen-bond acceptors (Lipinski definition) is 3. The van der Waals surface area contributed by atoms with Crippen molar-refractivity contribution in [3.8, 4) is 0 Å². The maximum atomic E-state index is 11.6. The molecule has 0 amide bonds. The van der Waals surface area contributed by atoms with Gasteiger partial charge in [-0.2, -0.15) is 0 Å². The lowest BCUT2D eigenvalue weighted by atomic mass is 9.91. The smallest absolute Gasteiger partial charge is 0.305 e. The molecule has 2 rings (SSSR count). The summed E-state index contributed by atoms with van der Waals surface area (Å²) in [6.07, 6.45) is 2.80. The molecule has 1 aromatic heterocycles. The quantitative estimate of drug-likeness (QED) is 0.750. The van der Waals surface area contributed by atoms with Gasteiger partial charge >= 0.3 is 5.97 Å². The standard InChI is InChI=1S/C17H18ClNO2/c1-2-21-17(20)11-10-15(16-5-3-4-12-19-16)13-6-8-14(18)9-7-13/h3-9,12,15H,2,10-11H2,1H3/t15-/m1/s1. The first-order chi connectivity index (χ1) is 10.2. The molecule has 0 unspecified atom stereocenters. The third-order valence-corrected chi connectivity index (χ3v) is 3.51. The van der Waals surface area contributed by atoms with Crippen LogP contribution < -0.4 is 0 Å². The minimum atomic E-state index is -0.174. The van der Waals surface area contributed by atoms with Gasteiger partial charge in [-0.15, -0.1) is 0 Å². The Hall–Kier alpha value is -1.87.